The Morgan fingerprint density at radius 3 is 2.70 bits per heavy atom. The van der Waals surface area contributed by atoms with E-state index in [1.165, 1.54) is 0 Å². The van der Waals surface area contributed by atoms with Crippen molar-refractivity contribution >= 4 is 11.7 Å². The van der Waals surface area contributed by atoms with Gasteiger partial charge in [-0.1, -0.05) is 12.1 Å². The van der Waals surface area contributed by atoms with E-state index < -0.39 is 0 Å². The topological polar surface area (TPSA) is 95.7 Å². The summed E-state index contributed by atoms with van der Waals surface area (Å²) < 4.78 is 16.2. The number of benzene rings is 1. The van der Waals surface area contributed by atoms with E-state index in [2.05, 4.69) is 10.3 Å². The van der Waals surface area contributed by atoms with Gasteiger partial charge in [-0.05, 0) is 37.1 Å². The van der Waals surface area contributed by atoms with Crippen LogP contribution in [-0.2, 0) is 9.47 Å². The molecule has 1 fully saturated rings. The molecule has 3 rings (SSSR count). The number of hydrogen-bond acceptors (Lipinski definition) is 6. The van der Waals surface area contributed by atoms with Gasteiger partial charge in [0.2, 0.25) is 0 Å². The highest BCUT2D eigenvalue weighted by molar-refractivity contribution is 5.95. The zero-order valence-corrected chi connectivity index (χ0v) is 15.8. The number of amides is 1. The van der Waals surface area contributed by atoms with Gasteiger partial charge in [-0.25, -0.2) is 4.98 Å². The van der Waals surface area contributed by atoms with Crippen LogP contribution in [0, 0.1) is 6.92 Å². The lowest BCUT2D eigenvalue weighted by molar-refractivity contribution is -0.0349. The first-order valence-corrected chi connectivity index (χ1v) is 8.86. The number of methoxy groups -OCH3 is 2. The van der Waals surface area contributed by atoms with Gasteiger partial charge in [0, 0.05) is 24.8 Å². The second-order valence-corrected chi connectivity index (χ2v) is 6.50. The molecule has 1 aromatic heterocycles. The van der Waals surface area contributed by atoms with Crippen molar-refractivity contribution in [3.05, 3.63) is 41.6 Å². The third-order valence-electron chi connectivity index (χ3n) is 4.79. The van der Waals surface area contributed by atoms with E-state index in [9.17, 15) is 4.79 Å². The van der Waals surface area contributed by atoms with E-state index in [4.69, 9.17) is 19.9 Å². The van der Waals surface area contributed by atoms with Crippen molar-refractivity contribution in [2.24, 2.45) is 0 Å². The standard InChI is InChI=1S/C20H25N3O4/c1-12-18(26-3)10-15(19(21)22-12)13-4-6-14(7-5-13)20(24)23-16-11-27-9-8-17(16)25-2/h4-7,10,16-17H,8-9,11H2,1-3H3,(H2,21,22)(H,23,24)/t16-,17-/m1/s1. The second kappa shape index (κ2) is 8.37. The number of ether oxygens (including phenoxy) is 3. The van der Waals surface area contributed by atoms with Crippen LogP contribution in [0.5, 0.6) is 5.75 Å². The summed E-state index contributed by atoms with van der Waals surface area (Å²) in [4.78, 5) is 16.9. The number of nitrogens with one attached hydrogen (secondary N) is 1. The Balaban J connectivity index is 1.76. The summed E-state index contributed by atoms with van der Waals surface area (Å²) in [6.45, 7) is 2.94. The Bertz CT molecular complexity index is 808. The SMILES string of the molecule is COc1cc(-c2ccc(C(=O)N[C@@H]3COCC[C@H]3OC)cc2)c(N)nc1C. The van der Waals surface area contributed by atoms with Crippen molar-refractivity contribution < 1.29 is 19.0 Å². The highest BCUT2D eigenvalue weighted by Gasteiger charge is 2.27. The number of carbonyl (C=O) groups is 1. The van der Waals surface area contributed by atoms with Crippen molar-refractivity contribution in [2.45, 2.75) is 25.5 Å². The lowest BCUT2D eigenvalue weighted by Crippen LogP contribution is -2.50. The molecular weight excluding hydrogens is 346 g/mol. The maximum Gasteiger partial charge on any atom is 0.251 e. The zero-order valence-electron chi connectivity index (χ0n) is 15.8. The van der Waals surface area contributed by atoms with E-state index in [0.717, 1.165) is 23.2 Å². The molecule has 27 heavy (non-hydrogen) atoms. The van der Waals surface area contributed by atoms with Crippen LogP contribution in [0.2, 0.25) is 0 Å². The fraction of sp³-hybridized carbons (Fsp3) is 0.400. The van der Waals surface area contributed by atoms with Gasteiger partial charge in [0.15, 0.2) is 0 Å². The fourth-order valence-corrected chi connectivity index (χ4v) is 3.23. The Kier molecular flexibility index (Phi) is 5.93. The van der Waals surface area contributed by atoms with Crippen LogP contribution in [0.1, 0.15) is 22.5 Å². The number of nitrogen functional groups attached to an aromatic ring is 1. The summed E-state index contributed by atoms with van der Waals surface area (Å²) >= 11 is 0. The molecule has 1 saturated heterocycles. The third kappa shape index (κ3) is 4.20. The van der Waals surface area contributed by atoms with Crippen molar-refractivity contribution in [2.75, 3.05) is 33.2 Å². The molecule has 1 aromatic carbocycles. The number of aromatic nitrogens is 1. The van der Waals surface area contributed by atoms with Crippen LogP contribution < -0.4 is 15.8 Å². The molecule has 3 N–H and O–H groups in total. The number of rotatable bonds is 5. The number of pyridine rings is 1. The molecule has 0 radical (unpaired) electrons. The molecule has 0 unspecified atom stereocenters. The van der Waals surface area contributed by atoms with Gasteiger partial charge < -0.3 is 25.3 Å². The average Bonchev–Trinajstić information content (AvgIpc) is 2.68. The first-order chi connectivity index (χ1) is 13.0. The monoisotopic (exact) mass is 371 g/mol. The molecule has 0 spiro atoms. The van der Waals surface area contributed by atoms with Crippen LogP contribution in [0.4, 0.5) is 5.82 Å². The van der Waals surface area contributed by atoms with Crippen LogP contribution >= 0.6 is 0 Å². The first-order valence-electron chi connectivity index (χ1n) is 8.86. The summed E-state index contributed by atoms with van der Waals surface area (Å²) in [6.07, 6.45) is 0.731. The van der Waals surface area contributed by atoms with E-state index in [0.29, 0.717) is 30.3 Å². The predicted molar refractivity (Wildman–Crippen MR) is 103 cm³/mol. The molecule has 7 heteroatoms. The van der Waals surface area contributed by atoms with Gasteiger partial charge in [-0.2, -0.15) is 0 Å². The van der Waals surface area contributed by atoms with Crippen molar-refractivity contribution in [3.8, 4) is 16.9 Å². The highest BCUT2D eigenvalue weighted by atomic mass is 16.5. The summed E-state index contributed by atoms with van der Waals surface area (Å²) in [7, 11) is 3.25. The van der Waals surface area contributed by atoms with Gasteiger partial charge in [-0.3, -0.25) is 4.79 Å². The molecule has 2 aromatic rings. The van der Waals surface area contributed by atoms with Crippen LogP contribution in [0.15, 0.2) is 30.3 Å². The third-order valence-corrected chi connectivity index (χ3v) is 4.79. The molecule has 144 valence electrons. The van der Waals surface area contributed by atoms with E-state index in [1.54, 1.807) is 26.4 Å². The fourth-order valence-electron chi connectivity index (χ4n) is 3.23. The lowest BCUT2D eigenvalue weighted by Gasteiger charge is -2.31. The quantitative estimate of drug-likeness (QED) is 0.836. The van der Waals surface area contributed by atoms with Crippen molar-refractivity contribution in [1.29, 1.82) is 0 Å². The molecule has 0 aliphatic carbocycles. The van der Waals surface area contributed by atoms with E-state index >= 15 is 0 Å². The molecule has 0 bridgehead atoms. The maximum absolute atomic E-state index is 12.6. The molecule has 1 amide bonds. The largest absolute Gasteiger partial charge is 0.495 e. The number of carbonyl (C=O) groups excluding carboxylic acids is 1. The first kappa shape index (κ1) is 19.1. The van der Waals surface area contributed by atoms with Crippen LogP contribution in [0.25, 0.3) is 11.1 Å². The van der Waals surface area contributed by atoms with E-state index in [1.807, 2.05) is 25.1 Å². The molecular formula is C20H25N3O4. The average molecular weight is 371 g/mol. The second-order valence-electron chi connectivity index (χ2n) is 6.50. The molecule has 7 nitrogen and oxygen atoms in total. The van der Waals surface area contributed by atoms with Gasteiger partial charge in [-0.15, -0.1) is 0 Å². The minimum absolute atomic E-state index is 0.0344. The number of nitrogens with two attached hydrogens (primary N) is 1. The Morgan fingerprint density at radius 2 is 2.04 bits per heavy atom. The summed E-state index contributed by atoms with van der Waals surface area (Å²) in [5.41, 5.74) is 8.98. The smallest absolute Gasteiger partial charge is 0.251 e. The van der Waals surface area contributed by atoms with Crippen LogP contribution in [-0.4, -0.2) is 50.5 Å². The predicted octanol–water partition coefficient (Wildman–Crippen LogP) is 2.18. The number of hydrogen-bond donors (Lipinski definition) is 2. The van der Waals surface area contributed by atoms with Crippen molar-refractivity contribution in [3.63, 3.8) is 0 Å². The molecule has 2 atom stereocenters. The molecule has 1 aliphatic heterocycles. The van der Waals surface area contributed by atoms with Gasteiger partial charge in [0.05, 0.1) is 31.6 Å². The van der Waals surface area contributed by atoms with Gasteiger partial charge >= 0.3 is 0 Å². The minimum Gasteiger partial charge on any atom is -0.495 e. The van der Waals surface area contributed by atoms with Gasteiger partial charge in [0.1, 0.15) is 11.6 Å². The Morgan fingerprint density at radius 1 is 1.30 bits per heavy atom. The highest BCUT2D eigenvalue weighted by Crippen LogP contribution is 2.30. The van der Waals surface area contributed by atoms with Crippen molar-refractivity contribution in [1.82, 2.24) is 10.3 Å². The van der Waals surface area contributed by atoms with Gasteiger partial charge in [0.25, 0.3) is 5.91 Å². The molecule has 0 saturated carbocycles. The summed E-state index contributed by atoms with van der Waals surface area (Å²) in [5.74, 6) is 0.934. The Labute approximate surface area is 158 Å². The lowest BCUT2D eigenvalue weighted by atomic mass is 10.0. The Hall–Kier alpha value is -2.64. The normalized spacial score (nSPS) is 19.5. The summed E-state index contributed by atoms with van der Waals surface area (Å²) in [5, 5.41) is 2.99. The summed E-state index contributed by atoms with van der Waals surface area (Å²) in [6, 6.07) is 8.93. The van der Waals surface area contributed by atoms with E-state index in [-0.39, 0.29) is 18.1 Å². The number of anilines is 1. The zero-order chi connectivity index (χ0) is 19.4. The molecule has 1 aliphatic rings. The number of aryl methyl sites for hydroxylation is 1. The maximum atomic E-state index is 12.6. The number of nitrogens with zero attached hydrogens (tertiary/aromatic N) is 1. The minimum atomic E-state index is -0.160. The van der Waals surface area contributed by atoms with Crippen LogP contribution in [0.3, 0.4) is 0 Å². The molecule has 2 heterocycles.